The molecule has 36 heavy (non-hydrogen) atoms. The van der Waals surface area contributed by atoms with E-state index in [4.69, 9.17) is 14.7 Å². The van der Waals surface area contributed by atoms with Gasteiger partial charge in [0.15, 0.2) is 0 Å². The van der Waals surface area contributed by atoms with Crippen molar-refractivity contribution >= 4 is 11.6 Å². The molecule has 0 bridgehead atoms. The lowest BCUT2D eigenvalue weighted by molar-refractivity contribution is -0.117. The Morgan fingerprint density at radius 3 is 2.69 bits per heavy atom. The fourth-order valence-corrected chi connectivity index (χ4v) is 4.96. The number of rotatable bonds is 5. The number of carbonyl (C=O) groups is 1. The van der Waals surface area contributed by atoms with Gasteiger partial charge in [-0.05, 0) is 48.6 Å². The number of ether oxygens (including phenoxy) is 1. The van der Waals surface area contributed by atoms with Crippen LogP contribution in [0.15, 0.2) is 48.9 Å². The molecule has 0 N–H and O–H groups in total. The number of hydrogen-bond acceptors (Lipinski definition) is 7. The zero-order valence-electron chi connectivity index (χ0n) is 20.5. The molecule has 1 saturated heterocycles. The molecule has 9 heteroatoms. The van der Waals surface area contributed by atoms with Crippen LogP contribution in [0.4, 0.5) is 5.69 Å². The van der Waals surface area contributed by atoms with Crippen LogP contribution in [0.2, 0.25) is 0 Å². The first-order valence-corrected chi connectivity index (χ1v) is 12.3. The molecule has 1 fully saturated rings. The summed E-state index contributed by atoms with van der Waals surface area (Å²) in [7, 11) is 0. The number of fused-ring (bicyclic) bond motifs is 3. The maximum atomic E-state index is 12.4. The summed E-state index contributed by atoms with van der Waals surface area (Å²) in [6, 6.07) is 10.3. The van der Waals surface area contributed by atoms with E-state index in [9.17, 15) is 4.79 Å². The minimum absolute atomic E-state index is 0.102. The number of benzene rings is 1. The highest BCUT2D eigenvalue weighted by Crippen LogP contribution is 2.38. The number of amides is 1. The second kappa shape index (κ2) is 8.82. The quantitative estimate of drug-likeness (QED) is 0.424. The maximum absolute atomic E-state index is 12.4. The van der Waals surface area contributed by atoms with E-state index in [2.05, 4.69) is 41.3 Å². The van der Waals surface area contributed by atoms with Gasteiger partial charge in [0.2, 0.25) is 11.8 Å². The molecule has 5 heterocycles. The summed E-state index contributed by atoms with van der Waals surface area (Å²) in [5.74, 6) is 1.60. The zero-order chi connectivity index (χ0) is 24.8. The molecule has 1 atom stereocenters. The summed E-state index contributed by atoms with van der Waals surface area (Å²) >= 11 is 0. The van der Waals surface area contributed by atoms with Crippen LogP contribution in [0, 0.1) is 6.92 Å². The van der Waals surface area contributed by atoms with E-state index < -0.39 is 0 Å². The monoisotopic (exact) mass is 481 g/mol. The molecule has 0 radical (unpaired) electrons. The average molecular weight is 482 g/mol. The number of aromatic nitrogens is 6. The van der Waals surface area contributed by atoms with Gasteiger partial charge in [0.05, 0.1) is 29.3 Å². The smallest absolute Gasteiger partial charge is 0.238 e. The van der Waals surface area contributed by atoms with Crippen molar-refractivity contribution in [3.63, 3.8) is 0 Å². The van der Waals surface area contributed by atoms with Gasteiger partial charge in [-0.1, -0.05) is 31.2 Å². The summed E-state index contributed by atoms with van der Waals surface area (Å²) in [5, 5.41) is 8.11. The summed E-state index contributed by atoms with van der Waals surface area (Å²) in [6.07, 6.45) is 7.34. The minimum Gasteiger partial charge on any atom is -0.474 e. The number of aryl methyl sites for hydroxylation is 1. The van der Waals surface area contributed by atoms with Gasteiger partial charge in [0.25, 0.3) is 0 Å². The van der Waals surface area contributed by atoms with Gasteiger partial charge >= 0.3 is 0 Å². The van der Waals surface area contributed by atoms with Gasteiger partial charge in [-0.2, -0.15) is 0 Å². The predicted molar refractivity (Wildman–Crippen MR) is 134 cm³/mol. The van der Waals surface area contributed by atoms with Crippen molar-refractivity contribution in [1.82, 2.24) is 29.9 Å². The fourth-order valence-electron chi connectivity index (χ4n) is 4.96. The van der Waals surface area contributed by atoms with E-state index in [1.165, 1.54) is 0 Å². The van der Waals surface area contributed by atoms with Gasteiger partial charge < -0.3 is 9.64 Å². The highest BCUT2D eigenvalue weighted by Gasteiger charge is 2.38. The van der Waals surface area contributed by atoms with Crippen LogP contribution in [0.1, 0.15) is 55.4 Å². The second-order valence-electron chi connectivity index (χ2n) is 9.69. The van der Waals surface area contributed by atoms with Gasteiger partial charge in [-0.15, -0.1) is 5.10 Å². The molecule has 0 saturated carbocycles. The molecule has 182 valence electrons. The molecule has 0 spiro atoms. The van der Waals surface area contributed by atoms with Crippen molar-refractivity contribution in [3.05, 3.63) is 71.7 Å². The van der Waals surface area contributed by atoms with Crippen molar-refractivity contribution in [2.75, 3.05) is 11.5 Å². The zero-order valence-corrected chi connectivity index (χ0v) is 20.5. The molecular formula is C27H27N7O2. The molecule has 2 aliphatic rings. The van der Waals surface area contributed by atoms with E-state index in [1.807, 2.05) is 40.9 Å². The average Bonchev–Trinajstić information content (AvgIpc) is 3.49. The number of anilines is 1. The molecule has 4 aromatic rings. The molecule has 9 nitrogen and oxygen atoms in total. The molecule has 1 amide bonds. The largest absolute Gasteiger partial charge is 0.474 e. The van der Waals surface area contributed by atoms with Crippen LogP contribution in [-0.2, 0) is 11.2 Å². The Balaban J connectivity index is 1.28. The molecule has 3 aromatic heterocycles. The summed E-state index contributed by atoms with van der Waals surface area (Å²) in [4.78, 5) is 28.4. The summed E-state index contributed by atoms with van der Waals surface area (Å²) in [6.45, 7) is 6.76. The van der Waals surface area contributed by atoms with E-state index in [0.717, 1.165) is 51.7 Å². The Labute approximate surface area is 209 Å². The lowest BCUT2D eigenvalue weighted by Gasteiger charge is -2.31. The first-order chi connectivity index (χ1) is 17.5. The van der Waals surface area contributed by atoms with Gasteiger partial charge in [-0.25, -0.2) is 19.6 Å². The van der Waals surface area contributed by atoms with Crippen molar-refractivity contribution in [1.29, 1.82) is 0 Å². The third-order valence-electron chi connectivity index (χ3n) is 6.81. The van der Waals surface area contributed by atoms with E-state index in [1.54, 1.807) is 12.4 Å². The molecule has 2 aliphatic heterocycles. The summed E-state index contributed by atoms with van der Waals surface area (Å²) in [5.41, 5.74) is 6.71. The maximum Gasteiger partial charge on any atom is 0.238 e. The van der Waals surface area contributed by atoms with E-state index >= 15 is 0 Å². The second-order valence-corrected chi connectivity index (χ2v) is 9.69. The Bertz CT molecular complexity index is 1450. The third-order valence-corrected chi connectivity index (χ3v) is 6.81. The van der Waals surface area contributed by atoms with E-state index in [0.29, 0.717) is 25.3 Å². The van der Waals surface area contributed by atoms with Gasteiger partial charge in [0.1, 0.15) is 18.1 Å². The minimum atomic E-state index is 0.102. The first-order valence-electron chi connectivity index (χ1n) is 12.3. The molecular weight excluding hydrogens is 454 g/mol. The van der Waals surface area contributed by atoms with Crippen molar-refractivity contribution < 1.29 is 9.53 Å². The lowest BCUT2D eigenvalue weighted by Crippen LogP contribution is -2.40. The number of pyridine rings is 1. The normalized spacial score (nSPS) is 16.7. The molecule has 0 unspecified atom stereocenters. The standard InChI is InChI=1S/C27H27N7O2/c1-16(2)26-22(19-4-6-20(7-5-19)34-17(3)12-30-32-34)14-28-24(31-26)11-18-10-23-27(29-13-18)36-15-21-8-9-25(35)33(21)23/h4-7,10,12-14,16,21H,8-9,11,15H2,1-3H3/t21-/m0/s1. The van der Waals surface area contributed by atoms with Crippen LogP contribution >= 0.6 is 0 Å². The van der Waals surface area contributed by atoms with Crippen molar-refractivity contribution in [3.8, 4) is 22.7 Å². The van der Waals surface area contributed by atoms with Crippen LogP contribution < -0.4 is 9.64 Å². The topological polar surface area (TPSA) is 98.9 Å². The van der Waals surface area contributed by atoms with Crippen molar-refractivity contribution in [2.45, 2.75) is 52.0 Å². The Morgan fingerprint density at radius 1 is 1.11 bits per heavy atom. The van der Waals surface area contributed by atoms with Gasteiger partial charge in [-0.3, -0.25) is 4.79 Å². The third kappa shape index (κ3) is 3.90. The van der Waals surface area contributed by atoms with Crippen LogP contribution in [0.5, 0.6) is 5.88 Å². The van der Waals surface area contributed by atoms with Crippen LogP contribution in [0.25, 0.3) is 16.8 Å². The highest BCUT2D eigenvalue weighted by molar-refractivity contribution is 5.97. The first kappa shape index (κ1) is 22.3. The predicted octanol–water partition coefficient (Wildman–Crippen LogP) is 4.03. The Hall–Kier alpha value is -4.14. The van der Waals surface area contributed by atoms with Gasteiger partial charge in [0, 0.05) is 30.8 Å². The Kier molecular flexibility index (Phi) is 5.47. The number of carbonyl (C=O) groups excluding carboxylic acids is 1. The van der Waals surface area contributed by atoms with E-state index in [-0.39, 0.29) is 17.9 Å². The molecule has 6 rings (SSSR count). The van der Waals surface area contributed by atoms with Crippen LogP contribution in [-0.4, -0.2) is 48.5 Å². The lowest BCUT2D eigenvalue weighted by atomic mass is 9.98. The SMILES string of the molecule is Cc1cnnn1-c1ccc(-c2cnc(Cc3cnc4c(c3)N3C(=O)CC[C@H]3CO4)nc2C(C)C)cc1. The van der Waals surface area contributed by atoms with Crippen molar-refractivity contribution in [2.24, 2.45) is 0 Å². The van der Waals surface area contributed by atoms with Crippen LogP contribution in [0.3, 0.4) is 0 Å². The summed E-state index contributed by atoms with van der Waals surface area (Å²) < 4.78 is 7.61. The fraction of sp³-hybridized carbons (Fsp3) is 0.333. The Morgan fingerprint density at radius 2 is 1.94 bits per heavy atom. The number of hydrogen-bond donors (Lipinski definition) is 0. The molecule has 0 aliphatic carbocycles. The number of nitrogens with zero attached hydrogens (tertiary/aromatic N) is 7. The highest BCUT2D eigenvalue weighted by atomic mass is 16.5. The molecule has 1 aromatic carbocycles.